The predicted molar refractivity (Wildman–Crippen MR) is 131 cm³/mol. The molecule has 0 radical (unpaired) electrons. The van der Waals surface area contributed by atoms with Crippen LogP contribution >= 0.6 is 0 Å². The molecule has 0 bridgehead atoms. The van der Waals surface area contributed by atoms with Crippen molar-refractivity contribution in [2.75, 3.05) is 11.9 Å². The zero-order valence-electron chi connectivity index (χ0n) is 18.6. The van der Waals surface area contributed by atoms with E-state index < -0.39 is 5.97 Å². The minimum atomic E-state index is -1.06. The fourth-order valence-electron chi connectivity index (χ4n) is 4.80. The number of anilines is 1. The van der Waals surface area contributed by atoms with E-state index in [0.717, 1.165) is 33.1 Å². The number of nitrogens with one attached hydrogen (secondary N) is 4. The van der Waals surface area contributed by atoms with Crippen LogP contribution in [-0.4, -0.2) is 32.6 Å². The van der Waals surface area contributed by atoms with Crippen LogP contribution in [0.25, 0.3) is 44.2 Å². The monoisotopic (exact) mass is 444 g/mol. The van der Waals surface area contributed by atoms with E-state index in [-0.39, 0.29) is 17.4 Å². The summed E-state index contributed by atoms with van der Waals surface area (Å²) in [7, 11) is 0. The molecule has 0 atom stereocenters. The molecule has 0 aliphatic rings. The molecule has 7 heteroatoms. The lowest BCUT2D eigenvalue weighted by Gasteiger charge is -2.17. The van der Waals surface area contributed by atoms with Gasteiger partial charge in [-0.3, -0.25) is 0 Å². The van der Waals surface area contributed by atoms with Gasteiger partial charge in [-0.15, -0.1) is 0 Å². The SMILES string of the molecule is CCNc1ccc2[nH]ccc2c1-c1c(C(=O)O)[nH]c(-c2cc(F)cc3[nH]ccc23)c1C(C)C. The largest absolute Gasteiger partial charge is 0.477 e. The number of aromatic amines is 3. The highest BCUT2D eigenvalue weighted by Crippen LogP contribution is 2.46. The Morgan fingerprint density at radius 2 is 1.76 bits per heavy atom. The van der Waals surface area contributed by atoms with Gasteiger partial charge in [0.05, 0.1) is 5.69 Å². The van der Waals surface area contributed by atoms with Gasteiger partial charge < -0.3 is 25.4 Å². The molecule has 0 spiro atoms. The van der Waals surface area contributed by atoms with Gasteiger partial charge in [0.25, 0.3) is 0 Å². The molecule has 0 amide bonds. The molecule has 0 saturated carbocycles. The van der Waals surface area contributed by atoms with Gasteiger partial charge in [-0.2, -0.15) is 0 Å². The maximum atomic E-state index is 14.5. The molecule has 0 saturated heterocycles. The third-order valence-corrected chi connectivity index (χ3v) is 6.08. The van der Waals surface area contributed by atoms with Crippen LogP contribution in [0.3, 0.4) is 0 Å². The van der Waals surface area contributed by atoms with Crippen molar-refractivity contribution in [2.24, 2.45) is 0 Å². The lowest BCUT2D eigenvalue weighted by Crippen LogP contribution is -2.04. The molecule has 0 fully saturated rings. The number of carboxylic acids is 1. The molecule has 3 heterocycles. The highest BCUT2D eigenvalue weighted by atomic mass is 19.1. The summed E-state index contributed by atoms with van der Waals surface area (Å²) in [5, 5.41) is 15.4. The van der Waals surface area contributed by atoms with Crippen LogP contribution < -0.4 is 5.32 Å². The van der Waals surface area contributed by atoms with E-state index >= 15 is 0 Å². The standard InChI is InChI=1S/C26H25FN4O2/c1-4-28-19-6-5-18-16(8-10-29-18)22(19)23-21(13(2)3)24(31-25(23)26(32)33)17-11-14(27)12-20-15(17)7-9-30-20/h5-13,28-31H,4H2,1-3H3,(H,32,33). The number of hydrogen-bond donors (Lipinski definition) is 5. The number of fused-ring (bicyclic) bond motifs is 2. The topological polar surface area (TPSA) is 96.7 Å². The average molecular weight is 445 g/mol. The Hall–Kier alpha value is -4.00. The van der Waals surface area contributed by atoms with E-state index in [2.05, 4.69) is 20.3 Å². The van der Waals surface area contributed by atoms with Gasteiger partial charge in [-0.05, 0) is 54.8 Å². The van der Waals surface area contributed by atoms with E-state index in [1.807, 2.05) is 51.2 Å². The second-order valence-corrected chi connectivity index (χ2v) is 8.47. The third-order valence-electron chi connectivity index (χ3n) is 6.08. The van der Waals surface area contributed by atoms with Gasteiger partial charge in [-0.25, -0.2) is 9.18 Å². The highest BCUT2D eigenvalue weighted by Gasteiger charge is 2.29. The Kier molecular flexibility index (Phi) is 4.96. The number of benzene rings is 2. The van der Waals surface area contributed by atoms with Crippen LogP contribution in [0.1, 0.15) is 42.7 Å². The first-order valence-electron chi connectivity index (χ1n) is 11.0. The average Bonchev–Trinajstić information content (AvgIpc) is 3.50. The third kappa shape index (κ3) is 3.28. The van der Waals surface area contributed by atoms with Crippen molar-refractivity contribution < 1.29 is 14.3 Å². The summed E-state index contributed by atoms with van der Waals surface area (Å²) in [6.07, 6.45) is 3.61. The van der Waals surface area contributed by atoms with Crippen molar-refractivity contribution in [1.82, 2.24) is 15.0 Å². The molecule has 0 aliphatic heterocycles. The van der Waals surface area contributed by atoms with Crippen LogP contribution in [0, 0.1) is 5.82 Å². The van der Waals surface area contributed by atoms with E-state index in [4.69, 9.17) is 0 Å². The van der Waals surface area contributed by atoms with Crippen molar-refractivity contribution in [1.29, 1.82) is 0 Å². The van der Waals surface area contributed by atoms with Crippen molar-refractivity contribution in [3.8, 4) is 22.4 Å². The Morgan fingerprint density at radius 1 is 1.03 bits per heavy atom. The molecule has 168 valence electrons. The van der Waals surface area contributed by atoms with Crippen LogP contribution in [-0.2, 0) is 0 Å². The van der Waals surface area contributed by atoms with Gasteiger partial charge in [0.1, 0.15) is 11.5 Å². The molecule has 6 nitrogen and oxygen atoms in total. The van der Waals surface area contributed by atoms with E-state index in [1.165, 1.54) is 12.1 Å². The molecule has 33 heavy (non-hydrogen) atoms. The van der Waals surface area contributed by atoms with Crippen molar-refractivity contribution in [3.63, 3.8) is 0 Å². The first-order valence-corrected chi connectivity index (χ1v) is 11.0. The normalized spacial score (nSPS) is 11.7. The summed E-state index contributed by atoms with van der Waals surface area (Å²) < 4.78 is 14.5. The minimum Gasteiger partial charge on any atom is -0.477 e. The quantitative estimate of drug-likeness (QED) is 0.201. The summed E-state index contributed by atoms with van der Waals surface area (Å²) in [6.45, 7) is 6.75. The molecule has 5 aromatic rings. The highest BCUT2D eigenvalue weighted by molar-refractivity contribution is 6.10. The molecular weight excluding hydrogens is 419 g/mol. The Bertz CT molecular complexity index is 1510. The predicted octanol–water partition coefficient (Wildman–Crippen LogP) is 6.70. The molecule has 5 rings (SSSR count). The zero-order chi connectivity index (χ0) is 23.3. The van der Waals surface area contributed by atoms with E-state index in [1.54, 1.807) is 6.20 Å². The first-order chi connectivity index (χ1) is 15.9. The number of carbonyl (C=O) groups is 1. The summed E-state index contributed by atoms with van der Waals surface area (Å²) in [4.78, 5) is 21.9. The summed E-state index contributed by atoms with van der Waals surface area (Å²) in [5.74, 6) is -1.47. The van der Waals surface area contributed by atoms with Crippen LogP contribution in [0.2, 0.25) is 0 Å². The van der Waals surface area contributed by atoms with E-state index in [9.17, 15) is 14.3 Å². The first kappa shape index (κ1) is 20.9. The van der Waals surface area contributed by atoms with Crippen molar-refractivity contribution in [2.45, 2.75) is 26.7 Å². The molecule has 0 unspecified atom stereocenters. The molecule has 0 aliphatic carbocycles. The van der Waals surface area contributed by atoms with Crippen molar-refractivity contribution >= 4 is 33.5 Å². The van der Waals surface area contributed by atoms with Gasteiger partial charge in [-0.1, -0.05) is 13.8 Å². The molecule has 5 N–H and O–H groups in total. The van der Waals surface area contributed by atoms with Gasteiger partial charge >= 0.3 is 5.97 Å². The van der Waals surface area contributed by atoms with Crippen LogP contribution in [0.15, 0.2) is 48.8 Å². The fraction of sp³-hybridized carbons (Fsp3) is 0.192. The zero-order valence-corrected chi connectivity index (χ0v) is 18.6. The van der Waals surface area contributed by atoms with Crippen LogP contribution in [0.5, 0.6) is 0 Å². The summed E-state index contributed by atoms with van der Waals surface area (Å²) in [5.41, 5.74) is 6.07. The molecule has 2 aromatic carbocycles. The van der Waals surface area contributed by atoms with Gasteiger partial charge in [0.15, 0.2) is 0 Å². The summed E-state index contributed by atoms with van der Waals surface area (Å²) in [6, 6.07) is 10.7. The number of halogens is 1. The number of carboxylic acid groups (broad SMARTS) is 1. The van der Waals surface area contributed by atoms with Gasteiger partial charge in [0.2, 0.25) is 0 Å². The smallest absolute Gasteiger partial charge is 0.352 e. The number of hydrogen-bond acceptors (Lipinski definition) is 2. The Balaban J connectivity index is 1.93. The minimum absolute atomic E-state index is 0.0275. The van der Waals surface area contributed by atoms with Crippen molar-refractivity contribution in [3.05, 3.63) is 65.9 Å². The summed E-state index contributed by atoms with van der Waals surface area (Å²) >= 11 is 0. The fourth-order valence-corrected chi connectivity index (χ4v) is 4.80. The molecular formula is C26H25FN4O2. The number of H-pyrrole nitrogens is 3. The van der Waals surface area contributed by atoms with Crippen LogP contribution in [0.4, 0.5) is 10.1 Å². The lowest BCUT2D eigenvalue weighted by molar-refractivity contribution is 0.0692. The van der Waals surface area contributed by atoms with E-state index in [0.29, 0.717) is 28.9 Å². The Morgan fingerprint density at radius 3 is 2.45 bits per heavy atom. The maximum absolute atomic E-state index is 14.5. The Labute approximate surface area is 189 Å². The lowest BCUT2D eigenvalue weighted by atomic mass is 9.88. The maximum Gasteiger partial charge on any atom is 0.352 e. The second kappa shape index (κ2) is 7.85. The van der Waals surface area contributed by atoms with Gasteiger partial charge in [0, 0.05) is 63.1 Å². The number of rotatable bonds is 6. The number of aromatic carboxylic acids is 1. The molecule has 3 aromatic heterocycles. The second-order valence-electron chi connectivity index (χ2n) is 8.47. The number of aromatic nitrogens is 3.